The second-order valence-corrected chi connectivity index (χ2v) is 6.26. The summed E-state index contributed by atoms with van der Waals surface area (Å²) in [7, 11) is 0. The van der Waals surface area contributed by atoms with Gasteiger partial charge in [0.25, 0.3) is 0 Å². The third kappa shape index (κ3) is 3.63. The molecule has 3 nitrogen and oxygen atoms in total. The summed E-state index contributed by atoms with van der Waals surface area (Å²) >= 11 is 6.69. The summed E-state index contributed by atoms with van der Waals surface area (Å²) < 4.78 is 5.97. The molecule has 18 heavy (non-hydrogen) atoms. The lowest BCUT2D eigenvalue weighted by Gasteiger charge is -1.99. The molecular weight excluding hydrogens is 334 g/mol. The second kappa shape index (κ2) is 6.45. The Hall–Kier alpha value is -0.720. The first-order valence-electron chi connectivity index (χ1n) is 5.53. The van der Waals surface area contributed by atoms with Crippen LogP contribution in [-0.4, -0.2) is 17.6 Å². The third-order valence-electron chi connectivity index (χ3n) is 2.22. The van der Waals surface area contributed by atoms with Gasteiger partial charge in [-0.15, -0.1) is 22.7 Å². The predicted molar refractivity (Wildman–Crippen MR) is 78.1 cm³/mol. The molecule has 0 saturated heterocycles. The van der Waals surface area contributed by atoms with Crippen LogP contribution in [0.2, 0.25) is 0 Å². The fourth-order valence-corrected chi connectivity index (χ4v) is 3.79. The number of nitrogens with zero attached hydrogens (tertiary/aromatic N) is 1. The molecule has 0 aliphatic rings. The maximum Gasteiger partial charge on any atom is 0.306 e. The zero-order valence-electron chi connectivity index (χ0n) is 9.81. The minimum Gasteiger partial charge on any atom is -0.466 e. The van der Waals surface area contributed by atoms with Crippen LogP contribution in [0.1, 0.15) is 19.0 Å². The summed E-state index contributed by atoms with van der Waals surface area (Å²) in [5, 5.41) is 5.04. The molecule has 6 heteroatoms. The van der Waals surface area contributed by atoms with Crippen molar-refractivity contribution >= 4 is 44.6 Å². The van der Waals surface area contributed by atoms with Crippen LogP contribution in [0.4, 0.5) is 0 Å². The summed E-state index contributed by atoms with van der Waals surface area (Å²) in [6, 6.07) is 2.05. The number of thiophene rings is 1. The summed E-state index contributed by atoms with van der Waals surface area (Å²) in [4.78, 5) is 16.9. The summed E-state index contributed by atoms with van der Waals surface area (Å²) in [5.74, 6) is -0.161. The van der Waals surface area contributed by atoms with Crippen LogP contribution in [0.15, 0.2) is 21.3 Å². The molecule has 2 rings (SSSR count). The van der Waals surface area contributed by atoms with Crippen molar-refractivity contribution < 1.29 is 9.53 Å². The number of esters is 1. The number of carbonyl (C=O) groups excluding carboxylic acids is 1. The van der Waals surface area contributed by atoms with Gasteiger partial charge in [0.2, 0.25) is 0 Å². The van der Waals surface area contributed by atoms with Crippen molar-refractivity contribution in [1.29, 1.82) is 0 Å². The number of rotatable bonds is 5. The van der Waals surface area contributed by atoms with E-state index in [0.29, 0.717) is 19.4 Å². The van der Waals surface area contributed by atoms with Crippen molar-refractivity contribution in [1.82, 2.24) is 4.98 Å². The number of aromatic nitrogens is 1. The van der Waals surface area contributed by atoms with Crippen molar-refractivity contribution in [2.45, 2.75) is 19.8 Å². The Kier molecular flexibility index (Phi) is 4.91. The van der Waals surface area contributed by atoms with Crippen LogP contribution in [0, 0.1) is 0 Å². The standard InChI is InChI=1S/C12H12BrNO2S2/c1-2-16-11(15)4-3-9-7-18-12(14-9)10-5-8(13)6-17-10/h5-7H,2-4H2,1H3. The fraction of sp³-hybridized carbons (Fsp3) is 0.333. The summed E-state index contributed by atoms with van der Waals surface area (Å²) in [6.45, 7) is 2.25. The summed E-state index contributed by atoms with van der Waals surface area (Å²) in [5.41, 5.74) is 0.951. The van der Waals surface area contributed by atoms with Crippen LogP contribution < -0.4 is 0 Å². The Morgan fingerprint density at radius 2 is 2.28 bits per heavy atom. The molecule has 0 unspecified atom stereocenters. The van der Waals surface area contributed by atoms with E-state index in [1.165, 1.54) is 0 Å². The van der Waals surface area contributed by atoms with Gasteiger partial charge in [-0.3, -0.25) is 4.79 Å². The maximum atomic E-state index is 11.2. The monoisotopic (exact) mass is 345 g/mol. The Bertz CT molecular complexity index is 536. The number of ether oxygens (including phenoxy) is 1. The van der Waals surface area contributed by atoms with Crippen molar-refractivity contribution in [2.75, 3.05) is 6.61 Å². The van der Waals surface area contributed by atoms with Crippen LogP contribution in [0.25, 0.3) is 9.88 Å². The van der Waals surface area contributed by atoms with E-state index in [-0.39, 0.29) is 5.97 Å². The SMILES string of the molecule is CCOC(=O)CCc1csc(-c2cc(Br)cs2)n1. The van der Waals surface area contributed by atoms with E-state index in [0.717, 1.165) is 20.1 Å². The molecule has 96 valence electrons. The average molecular weight is 346 g/mol. The van der Waals surface area contributed by atoms with Crippen LogP contribution in [0.3, 0.4) is 0 Å². The molecule has 0 radical (unpaired) electrons. The molecule has 0 amide bonds. The van der Waals surface area contributed by atoms with Crippen LogP contribution >= 0.6 is 38.6 Å². The van der Waals surface area contributed by atoms with E-state index < -0.39 is 0 Å². The Labute approximate surface area is 122 Å². The number of thiazole rings is 1. The van der Waals surface area contributed by atoms with E-state index in [4.69, 9.17) is 4.74 Å². The van der Waals surface area contributed by atoms with E-state index in [1.807, 2.05) is 17.7 Å². The van der Waals surface area contributed by atoms with E-state index >= 15 is 0 Å². The van der Waals surface area contributed by atoms with Gasteiger partial charge >= 0.3 is 5.97 Å². The lowest BCUT2D eigenvalue weighted by molar-refractivity contribution is -0.143. The highest BCUT2D eigenvalue weighted by Gasteiger charge is 2.09. The molecule has 0 N–H and O–H groups in total. The number of hydrogen-bond donors (Lipinski definition) is 0. The maximum absolute atomic E-state index is 11.2. The van der Waals surface area contributed by atoms with E-state index in [1.54, 1.807) is 22.7 Å². The van der Waals surface area contributed by atoms with Gasteiger partial charge in [0.1, 0.15) is 5.01 Å². The van der Waals surface area contributed by atoms with Crippen molar-refractivity contribution in [3.05, 3.63) is 27.0 Å². The minimum absolute atomic E-state index is 0.161. The Morgan fingerprint density at radius 1 is 1.44 bits per heavy atom. The Balaban J connectivity index is 1.96. The largest absolute Gasteiger partial charge is 0.466 e. The molecule has 0 aromatic carbocycles. The molecule has 0 atom stereocenters. The highest BCUT2D eigenvalue weighted by molar-refractivity contribution is 9.10. The molecule has 0 spiro atoms. The van der Waals surface area contributed by atoms with Gasteiger partial charge in [0, 0.05) is 21.7 Å². The van der Waals surface area contributed by atoms with E-state index in [9.17, 15) is 4.79 Å². The number of aryl methyl sites for hydroxylation is 1. The number of carbonyl (C=O) groups is 1. The van der Waals surface area contributed by atoms with Gasteiger partial charge in [-0.1, -0.05) is 0 Å². The lowest BCUT2D eigenvalue weighted by Crippen LogP contribution is -2.05. The molecule has 0 aliphatic carbocycles. The number of hydrogen-bond acceptors (Lipinski definition) is 5. The molecule has 0 fully saturated rings. The molecule has 0 bridgehead atoms. The topological polar surface area (TPSA) is 39.2 Å². The van der Waals surface area contributed by atoms with Crippen molar-refractivity contribution in [2.24, 2.45) is 0 Å². The average Bonchev–Trinajstić information content (AvgIpc) is 2.95. The van der Waals surface area contributed by atoms with Gasteiger partial charge in [-0.2, -0.15) is 0 Å². The van der Waals surface area contributed by atoms with Crippen LogP contribution in [0.5, 0.6) is 0 Å². The zero-order chi connectivity index (χ0) is 13.0. The molecule has 2 heterocycles. The molecule has 0 aliphatic heterocycles. The van der Waals surface area contributed by atoms with Gasteiger partial charge in [0.15, 0.2) is 0 Å². The minimum atomic E-state index is -0.161. The predicted octanol–water partition coefficient (Wildman–Crippen LogP) is 4.13. The Morgan fingerprint density at radius 3 is 2.94 bits per heavy atom. The molecule has 2 aromatic heterocycles. The highest BCUT2D eigenvalue weighted by Crippen LogP contribution is 2.32. The highest BCUT2D eigenvalue weighted by atomic mass is 79.9. The molecule has 0 saturated carbocycles. The molecular formula is C12H12BrNO2S2. The van der Waals surface area contributed by atoms with Crippen molar-refractivity contribution in [3.63, 3.8) is 0 Å². The quantitative estimate of drug-likeness (QED) is 0.764. The first-order chi connectivity index (χ1) is 8.69. The smallest absolute Gasteiger partial charge is 0.306 e. The fourth-order valence-electron chi connectivity index (χ4n) is 1.42. The summed E-state index contributed by atoms with van der Waals surface area (Å²) in [6.07, 6.45) is 1.03. The number of halogens is 1. The van der Waals surface area contributed by atoms with Gasteiger partial charge in [0.05, 0.1) is 23.6 Å². The van der Waals surface area contributed by atoms with E-state index in [2.05, 4.69) is 27.0 Å². The lowest BCUT2D eigenvalue weighted by atomic mass is 10.2. The second-order valence-electron chi connectivity index (χ2n) is 3.58. The van der Waals surface area contributed by atoms with Gasteiger partial charge in [-0.25, -0.2) is 4.98 Å². The van der Waals surface area contributed by atoms with Gasteiger partial charge in [-0.05, 0) is 28.9 Å². The van der Waals surface area contributed by atoms with Crippen molar-refractivity contribution in [3.8, 4) is 9.88 Å². The molecule has 2 aromatic rings. The third-order valence-corrected chi connectivity index (χ3v) is 4.97. The normalized spacial score (nSPS) is 10.6. The first-order valence-corrected chi connectivity index (χ1v) is 8.08. The van der Waals surface area contributed by atoms with Gasteiger partial charge < -0.3 is 4.74 Å². The first kappa shape index (κ1) is 13.7. The zero-order valence-corrected chi connectivity index (χ0v) is 13.0. The van der Waals surface area contributed by atoms with Crippen LogP contribution in [-0.2, 0) is 16.0 Å².